The molecule has 0 bridgehead atoms. The van der Waals surface area contributed by atoms with Gasteiger partial charge in [0.2, 0.25) is 0 Å². The van der Waals surface area contributed by atoms with E-state index in [1.165, 1.54) is 66.4 Å². The van der Waals surface area contributed by atoms with Crippen LogP contribution in [0, 0.1) is 0 Å². The number of fused-ring (bicyclic) bond motifs is 7. The fourth-order valence-corrected chi connectivity index (χ4v) is 11.8. The Labute approximate surface area is 425 Å². The van der Waals surface area contributed by atoms with Crippen molar-refractivity contribution in [3.05, 3.63) is 307 Å². The fourth-order valence-electron chi connectivity index (χ4n) is 11.8. The molecule has 342 valence electrons. The molecule has 0 radical (unpaired) electrons. The summed E-state index contributed by atoms with van der Waals surface area (Å²) in [5, 5.41) is 4.77. The first-order chi connectivity index (χ1) is 36.2. The molecule has 1 aromatic heterocycles. The number of rotatable bonds is 9. The van der Waals surface area contributed by atoms with Crippen LogP contribution in [0.2, 0.25) is 0 Å². The van der Waals surface area contributed by atoms with Crippen molar-refractivity contribution in [1.29, 1.82) is 0 Å². The molecule has 2 heteroatoms. The lowest BCUT2D eigenvalue weighted by molar-refractivity contribution is 0.669. The second kappa shape index (κ2) is 17.4. The van der Waals surface area contributed by atoms with Crippen LogP contribution in [-0.4, -0.2) is 0 Å². The molecule has 0 atom stereocenters. The molecule has 0 spiro atoms. The topological polar surface area (TPSA) is 16.4 Å². The van der Waals surface area contributed by atoms with Crippen LogP contribution in [0.4, 0.5) is 17.1 Å². The standard InChI is InChI=1S/C71H47NO/c1-3-21-55(22-4-1)71(56-23-5-2-6-24-56)66-32-11-9-29-65(66)70-62(31-16-33-67(70)71)54-20-14-26-59(46-54)72(58-25-13-19-52(45-58)53-41-44-64-63-28-10-12-34-68(63)73-69(64)47-53)57-42-39-49(40-43-57)48-35-37-51(38-36-48)61-30-15-18-50-17-7-8-27-60(50)61/h1-47H. The van der Waals surface area contributed by atoms with E-state index in [9.17, 15) is 0 Å². The van der Waals surface area contributed by atoms with E-state index in [1.807, 2.05) is 12.1 Å². The minimum Gasteiger partial charge on any atom is -0.456 e. The maximum atomic E-state index is 6.39. The number of benzene rings is 12. The summed E-state index contributed by atoms with van der Waals surface area (Å²) in [6.07, 6.45) is 0. The maximum absolute atomic E-state index is 6.39. The van der Waals surface area contributed by atoms with Gasteiger partial charge in [-0.3, -0.25) is 0 Å². The van der Waals surface area contributed by atoms with Crippen LogP contribution in [0.1, 0.15) is 22.3 Å². The number of hydrogen-bond donors (Lipinski definition) is 0. The van der Waals surface area contributed by atoms with Gasteiger partial charge in [0.25, 0.3) is 0 Å². The van der Waals surface area contributed by atoms with E-state index < -0.39 is 5.41 Å². The van der Waals surface area contributed by atoms with Crippen molar-refractivity contribution < 1.29 is 4.42 Å². The molecule has 0 N–H and O–H groups in total. The molecule has 73 heavy (non-hydrogen) atoms. The van der Waals surface area contributed by atoms with Crippen LogP contribution in [0.25, 0.3) is 88.3 Å². The lowest BCUT2D eigenvalue weighted by atomic mass is 9.67. The smallest absolute Gasteiger partial charge is 0.136 e. The Bertz CT molecular complexity index is 4140. The first-order valence-electron chi connectivity index (χ1n) is 25.1. The third-order valence-electron chi connectivity index (χ3n) is 15.2. The summed E-state index contributed by atoms with van der Waals surface area (Å²) < 4.78 is 6.39. The fraction of sp³-hybridized carbons (Fsp3) is 0.0141. The van der Waals surface area contributed by atoms with Gasteiger partial charge in [-0.2, -0.15) is 0 Å². The van der Waals surface area contributed by atoms with Gasteiger partial charge in [-0.15, -0.1) is 0 Å². The molecule has 2 nitrogen and oxygen atoms in total. The lowest BCUT2D eigenvalue weighted by Gasteiger charge is -2.34. The van der Waals surface area contributed by atoms with Gasteiger partial charge in [0.05, 0.1) is 5.41 Å². The number of para-hydroxylation sites is 1. The van der Waals surface area contributed by atoms with Crippen LogP contribution in [0.3, 0.4) is 0 Å². The zero-order valence-corrected chi connectivity index (χ0v) is 40.0. The van der Waals surface area contributed by atoms with Gasteiger partial charge in [0.15, 0.2) is 0 Å². The predicted molar refractivity (Wildman–Crippen MR) is 305 cm³/mol. The largest absolute Gasteiger partial charge is 0.456 e. The summed E-state index contributed by atoms with van der Waals surface area (Å²) >= 11 is 0. The average molecular weight is 930 g/mol. The first kappa shape index (κ1) is 42.4. The first-order valence-corrected chi connectivity index (χ1v) is 25.1. The number of anilines is 3. The molecule has 0 aliphatic heterocycles. The highest BCUT2D eigenvalue weighted by molar-refractivity contribution is 6.06. The second-order valence-electron chi connectivity index (χ2n) is 19.2. The summed E-state index contributed by atoms with van der Waals surface area (Å²) in [7, 11) is 0. The second-order valence-corrected chi connectivity index (χ2v) is 19.2. The molecule has 0 saturated carbocycles. The van der Waals surface area contributed by atoms with Crippen molar-refractivity contribution in [2.24, 2.45) is 0 Å². The molecule has 1 aliphatic rings. The van der Waals surface area contributed by atoms with Crippen LogP contribution < -0.4 is 4.90 Å². The highest BCUT2D eigenvalue weighted by atomic mass is 16.3. The van der Waals surface area contributed by atoms with Crippen molar-refractivity contribution >= 4 is 49.8 Å². The number of hydrogen-bond acceptors (Lipinski definition) is 2. The Morgan fingerprint density at radius 2 is 0.781 bits per heavy atom. The molecular formula is C71H47NO. The molecule has 0 saturated heterocycles. The third kappa shape index (κ3) is 7.02. The lowest BCUT2D eigenvalue weighted by Crippen LogP contribution is -2.28. The van der Waals surface area contributed by atoms with Gasteiger partial charge in [-0.05, 0) is 143 Å². The average Bonchev–Trinajstić information content (AvgIpc) is 4.05. The van der Waals surface area contributed by atoms with Crippen LogP contribution in [0.5, 0.6) is 0 Å². The Kier molecular flexibility index (Phi) is 10.1. The minimum absolute atomic E-state index is 0.488. The molecule has 0 fully saturated rings. The Morgan fingerprint density at radius 1 is 0.274 bits per heavy atom. The van der Waals surface area contributed by atoms with E-state index in [0.29, 0.717) is 0 Å². The van der Waals surface area contributed by atoms with Crippen molar-refractivity contribution in [2.45, 2.75) is 5.41 Å². The quantitative estimate of drug-likeness (QED) is 0.143. The van der Waals surface area contributed by atoms with Crippen molar-refractivity contribution in [3.8, 4) is 55.6 Å². The monoisotopic (exact) mass is 929 g/mol. The summed E-state index contributed by atoms with van der Waals surface area (Å²) in [5.41, 5.74) is 21.5. The molecule has 12 aromatic carbocycles. The number of nitrogens with zero attached hydrogens (tertiary/aromatic N) is 1. The van der Waals surface area contributed by atoms with Gasteiger partial charge < -0.3 is 9.32 Å². The summed E-state index contributed by atoms with van der Waals surface area (Å²) in [5.74, 6) is 0. The van der Waals surface area contributed by atoms with E-state index in [1.54, 1.807) is 0 Å². The van der Waals surface area contributed by atoms with E-state index in [4.69, 9.17) is 4.42 Å². The highest BCUT2D eigenvalue weighted by Crippen LogP contribution is 2.58. The molecule has 0 unspecified atom stereocenters. The number of furan rings is 1. The van der Waals surface area contributed by atoms with E-state index in [-0.39, 0.29) is 0 Å². The molecule has 13 aromatic rings. The zero-order valence-electron chi connectivity index (χ0n) is 40.0. The molecule has 0 amide bonds. The van der Waals surface area contributed by atoms with Crippen LogP contribution >= 0.6 is 0 Å². The molecule has 14 rings (SSSR count). The van der Waals surface area contributed by atoms with Gasteiger partial charge in [-0.25, -0.2) is 0 Å². The van der Waals surface area contributed by atoms with Gasteiger partial charge in [-0.1, -0.05) is 231 Å². The van der Waals surface area contributed by atoms with Crippen LogP contribution in [-0.2, 0) is 5.41 Å². The summed E-state index contributed by atoms with van der Waals surface area (Å²) in [4.78, 5) is 2.40. The van der Waals surface area contributed by atoms with E-state index in [2.05, 4.69) is 278 Å². The Balaban J connectivity index is 0.897. The van der Waals surface area contributed by atoms with E-state index >= 15 is 0 Å². The summed E-state index contributed by atoms with van der Waals surface area (Å²) in [6, 6.07) is 104. The summed E-state index contributed by atoms with van der Waals surface area (Å²) in [6.45, 7) is 0. The zero-order chi connectivity index (χ0) is 48.3. The van der Waals surface area contributed by atoms with Crippen LogP contribution in [0.15, 0.2) is 290 Å². The SMILES string of the molecule is c1ccc(C2(c3ccccc3)c3ccccc3-c3c(-c4cccc(N(c5ccc(-c6ccc(-c7cccc8ccccc78)cc6)cc5)c5cccc(-c6ccc7c(c6)oc6ccccc67)c5)c4)cccc32)cc1. The highest BCUT2D eigenvalue weighted by Gasteiger charge is 2.46. The van der Waals surface area contributed by atoms with Crippen molar-refractivity contribution in [1.82, 2.24) is 0 Å². The molecular weight excluding hydrogens is 883 g/mol. The minimum atomic E-state index is -0.488. The molecule has 1 aliphatic carbocycles. The third-order valence-corrected chi connectivity index (χ3v) is 15.2. The van der Waals surface area contributed by atoms with Gasteiger partial charge in [0.1, 0.15) is 11.2 Å². The maximum Gasteiger partial charge on any atom is 0.136 e. The normalized spacial score (nSPS) is 12.5. The van der Waals surface area contributed by atoms with Gasteiger partial charge in [0, 0.05) is 27.8 Å². The Morgan fingerprint density at radius 3 is 1.55 bits per heavy atom. The van der Waals surface area contributed by atoms with Crippen molar-refractivity contribution in [2.75, 3.05) is 4.90 Å². The van der Waals surface area contributed by atoms with E-state index in [0.717, 1.165) is 61.3 Å². The Hall–Kier alpha value is -9.50. The van der Waals surface area contributed by atoms with Gasteiger partial charge >= 0.3 is 0 Å². The van der Waals surface area contributed by atoms with Crippen molar-refractivity contribution in [3.63, 3.8) is 0 Å². The predicted octanol–water partition coefficient (Wildman–Crippen LogP) is 19.2. The molecule has 1 heterocycles.